The van der Waals surface area contributed by atoms with Gasteiger partial charge >= 0.3 is 5.97 Å². The maximum Gasteiger partial charge on any atom is 0.338 e. The van der Waals surface area contributed by atoms with Gasteiger partial charge in [0.1, 0.15) is 17.9 Å². The van der Waals surface area contributed by atoms with E-state index < -0.39 is 18.2 Å². The molecule has 2 atom stereocenters. The molecule has 8 heteroatoms. The summed E-state index contributed by atoms with van der Waals surface area (Å²) in [6.45, 7) is 1.69. The lowest BCUT2D eigenvalue weighted by Crippen LogP contribution is -2.29. The van der Waals surface area contributed by atoms with Crippen LogP contribution in [0.5, 0.6) is 0 Å². The van der Waals surface area contributed by atoms with Crippen LogP contribution in [0.2, 0.25) is 0 Å². The lowest BCUT2D eigenvalue weighted by molar-refractivity contribution is -0.159. The van der Waals surface area contributed by atoms with Gasteiger partial charge in [-0.15, -0.1) is 0 Å². The van der Waals surface area contributed by atoms with Crippen molar-refractivity contribution >= 4 is 11.5 Å². The molecular weight excluding hydrogens is 254 g/mol. The Hall–Kier alpha value is -2.19. The third kappa shape index (κ3) is 2.49. The van der Waals surface area contributed by atoms with Crippen LogP contribution in [-0.2, 0) is 9.53 Å². The molecule has 0 saturated heterocycles. The summed E-state index contributed by atoms with van der Waals surface area (Å²) >= 11 is 0. The Labute approximate surface area is 107 Å². The summed E-state index contributed by atoms with van der Waals surface area (Å²) in [5.74, 6) is -0.924. The Balaban J connectivity index is 2.31. The van der Waals surface area contributed by atoms with Gasteiger partial charge in [-0.05, 0) is 13.0 Å². The molecule has 8 nitrogen and oxygen atoms in total. The minimum absolute atomic E-state index is 0.0988. The van der Waals surface area contributed by atoms with E-state index in [1.807, 2.05) is 0 Å². The van der Waals surface area contributed by atoms with E-state index in [-0.39, 0.29) is 23.2 Å². The molecule has 0 fully saturated rings. The molecule has 0 aliphatic carbocycles. The highest BCUT2D eigenvalue weighted by atomic mass is 16.5. The van der Waals surface area contributed by atoms with Gasteiger partial charge in [0.25, 0.3) is 5.56 Å². The van der Waals surface area contributed by atoms with Crippen molar-refractivity contribution in [1.82, 2.24) is 14.6 Å². The number of rotatable bonds is 4. The van der Waals surface area contributed by atoms with Crippen molar-refractivity contribution in [3.8, 4) is 0 Å². The van der Waals surface area contributed by atoms with Gasteiger partial charge in [-0.25, -0.2) is 9.31 Å². The molecule has 2 rings (SSSR count). The number of aliphatic hydroxyl groups is 2. The SMILES string of the molecule is CCOC(=O)C(O)C(O)c1cc2c(=O)[nH]cnn2c1. The molecule has 2 aromatic rings. The van der Waals surface area contributed by atoms with Gasteiger partial charge < -0.3 is 19.9 Å². The van der Waals surface area contributed by atoms with Crippen LogP contribution in [0.15, 0.2) is 23.4 Å². The smallest absolute Gasteiger partial charge is 0.338 e. The molecule has 2 aromatic heterocycles. The number of hydrogen-bond acceptors (Lipinski definition) is 6. The van der Waals surface area contributed by atoms with E-state index >= 15 is 0 Å². The predicted octanol–water partition coefficient (Wildman–Crippen LogP) is -1.02. The normalized spacial score (nSPS) is 14.3. The Morgan fingerprint density at radius 1 is 1.58 bits per heavy atom. The number of nitrogens with one attached hydrogen (secondary N) is 1. The van der Waals surface area contributed by atoms with E-state index in [9.17, 15) is 19.8 Å². The highest BCUT2D eigenvalue weighted by molar-refractivity contribution is 5.75. The molecule has 102 valence electrons. The Morgan fingerprint density at radius 2 is 2.32 bits per heavy atom. The van der Waals surface area contributed by atoms with Crippen molar-refractivity contribution < 1.29 is 19.7 Å². The number of carbonyl (C=O) groups excluding carboxylic acids is 1. The summed E-state index contributed by atoms with van der Waals surface area (Å²) in [6.07, 6.45) is -0.637. The topological polar surface area (TPSA) is 117 Å². The second kappa shape index (κ2) is 5.21. The first-order chi connectivity index (χ1) is 9.04. The average molecular weight is 267 g/mol. The molecule has 0 saturated carbocycles. The molecule has 0 radical (unpaired) electrons. The number of H-pyrrole nitrogens is 1. The molecule has 19 heavy (non-hydrogen) atoms. The highest BCUT2D eigenvalue weighted by Gasteiger charge is 2.28. The zero-order valence-corrected chi connectivity index (χ0v) is 10.1. The second-order valence-electron chi connectivity index (χ2n) is 3.86. The minimum Gasteiger partial charge on any atom is -0.464 e. The van der Waals surface area contributed by atoms with E-state index in [1.165, 1.54) is 23.1 Å². The van der Waals surface area contributed by atoms with E-state index in [0.29, 0.717) is 0 Å². The third-order valence-corrected chi connectivity index (χ3v) is 2.60. The van der Waals surface area contributed by atoms with Crippen LogP contribution in [-0.4, -0.2) is 43.5 Å². The fourth-order valence-corrected chi connectivity index (χ4v) is 1.66. The fraction of sp³-hybridized carbons (Fsp3) is 0.364. The number of fused-ring (bicyclic) bond motifs is 1. The molecule has 0 aromatic carbocycles. The zero-order chi connectivity index (χ0) is 14.0. The highest BCUT2D eigenvalue weighted by Crippen LogP contribution is 2.19. The van der Waals surface area contributed by atoms with Crippen molar-refractivity contribution in [2.45, 2.75) is 19.1 Å². The molecule has 0 spiro atoms. The van der Waals surface area contributed by atoms with E-state index in [2.05, 4.69) is 14.8 Å². The molecule has 0 aliphatic heterocycles. The number of esters is 1. The molecule has 0 bridgehead atoms. The lowest BCUT2D eigenvalue weighted by Gasteiger charge is -2.14. The van der Waals surface area contributed by atoms with Crippen molar-refractivity contribution in [3.63, 3.8) is 0 Å². The molecule has 0 aliphatic rings. The Kier molecular flexibility index (Phi) is 3.63. The summed E-state index contributed by atoms with van der Waals surface area (Å²) in [5.41, 5.74) is 0.0106. The molecule has 3 N–H and O–H groups in total. The van der Waals surface area contributed by atoms with E-state index in [4.69, 9.17) is 0 Å². The minimum atomic E-state index is -1.71. The van der Waals surface area contributed by atoms with Crippen molar-refractivity contribution in [3.05, 3.63) is 34.5 Å². The van der Waals surface area contributed by atoms with Crippen LogP contribution in [0.3, 0.4) is 0 Å². The second-order valence-corrected chi connectivity index (χ2v) is 3.86. The van der Waals surface area contributed by atoms with Crippen LogP contribution in [0.1, 0.15) is 18.6 Å². The van der Waals surface area contributed by atoms with Gasteiger partial charge in [0.2, 0.25) is 0 Å². The summed E-state index contributed by atoms with van der Waals surface area (Å²) in [6, 6.07) is 1.35. The lowest BCUT2D eigenvalue weighted by atomic mass is 10.1. The van der Waals surface area contributed by atoms with Crippen LogP contribution in [0, 0.1) is 0 Å². The monoisotopic (exact) mass is 267 g/mol. The van der Waals surface area contributed by atoms with Crippen LogP contribution < -0.4 is 5.56 Å². The predicted molar refractivity (Wildman–Crippen MR) is 63.4 cm³/mol. The number of aromatic nitrogens is 3. The van der Waals surface area contributed by atoms with Crippen molar-refractivity contribution in [1.29, 1.82) is 0 Å². The zero-order valence-electron chi connectivity index (χ0n) is 10.1. The number of ether oxygens (including phenoxy) is 1. The summed E-state index contributed by atoms with van der Waals surface area (Å²) < 4.78 is 5.85. The van der Waals surface area contributed by atoms with Gasteiger partial charge in [-0.1, -0.05) is 0 Å². The Bertz CT molecular complexity index is 647. The number of aliphatic hydroxyl groups excluding tert-OH is 2. The molecule has 2 heterocycles. The van der Waals surface area contributed by atoms with Crippen molar-refractivity contribution in [2.24, 2.45) is 0 Å². The Morgan fingerprint density at radius 3 is 2.95 bits per heavy atom. The largest absolute Gasteiger partial charge is 0.464 e. The number of carbonyl (C=O) groups is 1. The maximum atomic E-state index is 11.5. The van der Waals surface area contributed by atoms with Gasteiger partial charge in [0, 0.05) is 11.8 Å². The standard InChI is InChI=1S/C11H13N3O5/c1-2-19-11(18)9(16)8(15)6-3-7-10(17)12-5-13-14(7)4-6/h3-5,8-9,15-16H,2H2,1H3,(H,12,13,17). The van der Waals surface area contributed by atoms with Gasteiger partial charge in [0.15, 0.2) is 6.10 Å². The van der Waals surface area contributed by atoms with Crippen molar-refractivity contribution in [2.75, 3.05) is 6.61 Å². The molecular formula is C11H13N3O5. The maximum absolute atomic E-state index is 11.5. The van der Waals surface area contributed by atoms with Crippen LogP contribution >= 0.6 is 0 Å². The molecule has 0 amide bonds. The fourth-order valence-electron chi connectivity index (χ4n) is 1.66. The first kappa shape index (κ1) is 13.2. The van der Waals surface area contributed by atoms with Gasteiger partial charge in [0.05, 0.1) is 6.61 Å². The summed E-state index contributed by atoms with van der Waals surface area (Å²) in [7, 11) is 0. The third-order valence-electron chi connectivity index (χ3n) is 2.60. The number of nitrogens with zero attached hydrogens (tertiary/aromatic N) is 2. The van der Waals surface area contributed by atoms with Crippen LogP contribution in [0.4, 0.5) is 0 Å². The first-order valence-electron chi connectivity index (χ1n) is 5.63. The average Bonchev–Trinajstić information content (AvgIpc) is 2.82. The summed E-state index contributed by atoms with van der Waals surface area (Å²) in [4.78, 5) is 25.2. The van der Waals surface area contributed by atoms with Gasteiger partial charge in [-0.2, -0.15) is 5.10 Å². The van der Waals surface area contributed by atoms with Crippen LogP contribution in [0.25, 0.3) is 5.52 Å². The quantitative estimate of drug-likeness (QED) is 0.610. The van der Waals surface area contributed by atoms with E-state index in [0.717, 1.165) is 0 Å². The number of hydrogen-bond donors (Lipinski definition) is 3. The van der Waals surface area contributed by atoms with Gasteiger partial charge in [-0.3, -0.25) is 4.79 Å². The molecule has 2 unspecified atom stereocenters. The number of aromatic amines is 1. The summed E-state index contributed by atoms with van der Waals surface area (Å²) in [5, 5.41) is 23.3. The first-order valence-corrected chi connectivity index (χ1v) is 5.63. The van der Waals surface area contributed by atoms with E-state index in [1.54, 1.807) is 6.92 Å².